The van der Waals surface area contributed by atoms with Crippen LogP contribution in [0.1, 0.15) is 42.6 Å². The summed E-state index contributed by atoms with van der Waals surface area (Å²) in [6.45, 7) is 4.57. The molecule has 0 spiro atoms. The number of nitrogens with one attached hydrogen (secondary N) is 1. The number of rotatable bonds is 13. The van der Waals surface area contributed by atoms with Crippen molar-refractivity contribution < 1.29 is 27.1 Å². The van der Waals surface area contributed by atoms with Crippen LogP contribution in [0.15, 0.2) is 78.1 Å². The van der Waals surface area contributed by atoms with Gasteiger partial charge in [0, 0.05) is 24.0 Å². The average molecular weight is 594 g/mol. The van der Waals surface area contributed by atoms with E-state index in [1.54, 1.807) is 18.5 Å². The van der Waals surface area contributed by atoms with Gasteiger partial charge in [0.2, 0.25) is 5.88 Å². The number of ether oxygens (including phenoxy) is 2. The summed E-state index contributed by atoms with van der Waals surface area (Å²) < 4.78 is 53.7. The molecule has 1 aromatic carbocycles. The number of nitrogen functional groups attached to an aromatic ring is 1. The molecule has 0 atom stereocenters. The lowest BCUT2D eigenvalue weighted by molar-refractivity contribution is 0.0976. The largest absolute Gasteiger partial charge is 0.493 e. The summed E-state index contributed by atoms with van der Waals surface area (Å²) >= 11 is 0. The first-order valence-corrected chi connectivity index (χ1v) is 14.9. The number of anilines is 1. The van der Waals surface area contributed by atoms with Gasteiger partial charge in [-0.1, -0.05) is 19.9 Å². The fourth-order valence-electron chi connectivity index (χ4n) is 3.90. The number of aryl methyl sites for hydroxylation is 1. The highest BCUT2D eigenvalue weighted by Crippen LogP contribution is 2.28. The monoisotopic (exact) mass is 593 g/mol. The summed E-state index contributed by atoms with van der Waals surface area (Å²) in [4.78, 5) is 25.4. The second kappa shape index (κ2) is 13.9. The van der Waals surface area contributed by atoms with Crippen LogP contribution in [0, 0.1) is 11.7 Å². The maximum absolute atomic E-state index is 14.5. The van der Waals surface area contributed by atoms with Gasteiger partial charge < -0.3 is 15.2 Å². The molecule has 1 amide bonds. The normalized spacial score (nSPS) is 11.3. The molecule has 0 saturated heterocycles. The van der Waals surface area contributed by atoms with Gasteiger partial charge >= 0.3 is 0 Å². The minimum atomic E-state index is -4.34. The van der Waals surface area contributed by atoms with E-state index in [0.717, 1.165) is 18.4 Å². The second-order valence-corrected chi connectivity index (χ2v) is 11.6. The van der Waals surface area contributed by atoms with Crippen LogP contribution in [-0.2, 0) is 16.4 Å². The fourth-order valence-corrected chi connectivity index (χ4v) is 4.84. The number of carbonyl (C=O) groups is 1. The van der Waals surface area contributed by atoms with E-state index in [1.165, 1.54) is 42.5 Å². The van der Waals surface area contributed by atoms with E-state index in [0.29, 0.717) is 30.0 Å². The smallest absolute Gasteiger partial charge is 0.281 e. The maximum Gasteiger partial charge on any atom is 0.281 e. The number of amides is 1. The van der Waals surface area contributed by atoms with Gasteiger partial charge in [0.15, 0.2) is 5.03 Å². The average Bonchev–Trinajstić information content (AvgIpc) is 2.96. The molecular formula is C30H32FN5O5S. The maximum atomic E-state index is 14.5. The first-order chi connectivity index (χ1) is 20.1. The van der Waals surface area contributed by atoms with Crippen LogP contribution in [-0.4, -0.2) is 42.5 Å². The molecule has 0 fully saturated rings. The summed E-state index contributed by atoms with van der Waals surface area (Å²) in [6.07, 6.45) is 5.69. The second-order valence-electron chi connectivity index (χ2n) is 9.93. The quantitative estimate of drug-likeness (QED) is 0.208. The third-order valence-electron chi connectivity index (χ3n) is 5.95. The Morgan fingerprint density at radius 2 is 1.79 bits per heavy atom. The molecule has 42 heavy (non-hydrogen) atoms. The molecule has 0 unspecified atom stereocenters. The van der Waals surface area contributed by atoms with Crippen molar-refractivity contribution in [2.75, 3.05) is 18.9 Å². The minimum absolute atomic E-state index is 0.0148. The van der Waals surface area contributed by atoms with Crippen molar-refractivity contribution in [2.45, 2.75) is 38.1 Å². The zero-order valence-corrected chi connectivity index (χ0v) is 24.1. The standard InChI is InChI=1S/C30H32FN5O5S/c1-20(2)19-41-24-17-22(16-23(31)18-24)26-10-9-25(29(37)36-42(38,39)28-8-5-7-27(32)35-28)30(34-26)40-15-4-3-6-21-11-13-33-14-12-21/h5,7-14,16-18,20H,3-4,6,15,19H2,1-2H3,(H2,32,35)(H,36,37). The summed E-state index contributed by atoms with van der Waals surface area (Å²) in [5.41, 5.74) is 7.34. The predicted molar refractivity (Wildman–Crippen MR) is 156 cm³/mol. The Hall–Kier alpha value is -4.58. The lowest BCUT2D eigenvalue weighted by Crippen LogP contribution is -2.31. The van der Waals surface area contributed by atoms with Gasteiger partial charge in [-0.05, 0) is 79.3 Å². The number of benzene rings is 1. The van der Waals surface area contributed by atoms with Crippen molar-refractivity contribution in [3.05, 3.63) is 90.0 Å². The van der Waals surface area contributed by atoms with Crippen molar-refractivity contribution >= 4 is 21.7 Å². The number of nitrogens with zero attached hydrogens (tertiary/aromatic N) is 3. The number of carbonyl (C=O) groups excluding carboxylic acids is 1. The molecule has 3 heterocycles. The third-order valence-corrected chi connectivity index (χ3v) is 7.18. The van der Waals surface area contributed by atoms with E-state index < -0.39 is 26.8 Å². The molecular weight excluding hydrogens is 561 g/mol. The number of nitrogens with two attached hydrogens (primary N) is 1. The number of sulfonamides is 1. The number of pyridine rings is 3. The van der Waals surface area contributed by atoms with Gasteiger partial charge in [-0.25, -0.2) is 19.1 Å². The first-order valence-electron chi connectivity index (χ1n) is 13.4. The first kappa shape index (κ1) is 30.4. The number of unbranched alkanes of at least 4 members (excludes halogenated alkanes) is 1. The Bertz CT molecular complexity index is 1630. The van der Waals surface area contributed by atoms with E-state index in [-0.39, 0.29) is 29.8 Å². The molecule has 12 heteroatoms. The van der Waals surface area contributed by atoms with Gasteiger partial charge in [0.25, 0.3) is 15.9 Å². The van der Waals surface area contributed by atoms with Crippen LogP contribution in [0.3, 0.4) is 0 Å². The van der Waals surface area contributed by atoms with Gasteiger partial charge in [-0.15, -0.1) is 0 Å². The zero-order valence-electron chi connectivity index (χ0n) is 23.3. The molecule has 0 aliphatic heterocycles. The van der Waals surface area contributed by atoms with Gasteiger partial charge in [0.05, 0.1) is 18.9 Å². The highest BCUT2D eigenvalue weighted by molar-refractivity contribution is 7.90. The number of hydrogen-bond acceptors (Lipinski definition) is 9. The Morgan fingerprint density at radius 3 is 2.52 bits per heavy atom. The summed E-state index contributed by atoms with van der Waals surface area (Å²) in [5.74, 6) is -1.02. The highest BCUT2D eigenvalue weighted by Gasteiger charge is 2.24. The summed E-state index contributed by atoms with van der Waals surface area (Å²) in [7, 11) is -4.34. The molecule has 3 N–H and O–H groups in total. The van der Waals surface area contributed by atoms with Gasteiger partial charge in [0.1, 0.15) is 22.9 Å². The molecule has 0 bridgehead atoms. The van der Waals surface area contributed by atoms with Crippen molar-refractivity contribution in [2.24, 2.45) is 5.92 Å². The molecule has 0 radical (unpaired) electrons. The lowest BCUT2D eigenvalue weighted by Gasteiger charge is -2.14. The van der Waals surface area contributed by atoms with E-state index in [4.69, 9.17) is 15.2 Å². The minimum Gasteiger partial charge on any atom is -0.493 e. The SMILES string of the molecule is CC(C)COc1cc(F)cc(-c2ccc(C(=O)NS(=O)(=O)c3cccc(N)n3)c(OCCCCc3ccncc3)n2)c1. The Morgan fingerprint density at radius 1 is 1.00 bits per heavy atom. The number of halogens is 1. The molecule has 3 aromatic heterocycles. The highest BCUT2D eigenvalue weighted by atomic mass is 32.2. The summed E-state index contributed by atoms with van der Waals surface area (Å²) in [6, 6.07) is 15.0. The Balaban J connectivity index is 1.58. The Kier molecular flexibility index (Phi) is 10.0. The van der Waals surface area contributed by atoms with Crippen molar-refractivity contribution in [1.82, 2.24) is 19.7 Å². The fraction of sp³-hybridized carbons (Fsp3) is 0.267. The molecule has 220 valence electrons. The van der Waals surface area contributed by atoms with E-state index >= 15 is 0 Å². The lowest BCUT2D eigenvalue weighted by atomic mass is 10.1. The van der Waals surface area contributed by atoms with Crippen molar-refractivity contribution in [1.29, 1.82) is 0 Å². The van der Waals surface area contributed by atoms with E-state index in [2.05, 4.69) is 15.0 Å². The van der Waals surface area contributed by atoms with Crippen molar-refractivity contribution in [3.8, 4) is 22.9 Å². The van der Waals surface area contributed by atoms with Crippen LogP contribution in [0.4, 0.5) is 10.2 Å². The Labute approximate surface area is 244 Å². The molecule has 4 rings (SSSR count). The van der Waals surface area contributed by atoms with Crippen LogP contribution in [0.2, 0.25) is 0 Å². The van der Waals surface area contributed by atoms with Crippen LogP contribution in [0.5, 0.6) is 11.6 Å². The van der Waals surface area contributed by atoms with Crippen LogP contribution >= 0.6 is 0 Å². The predicted octanol–water partition coefficient (Wildman–Crippen LogP) is 4.82. The molecule has 0 aliphatic rings. The zero-order chi connectivity index (χ0) is 30.1. The van der Waals surface area contributed by atoms with Crippen LogP contribution in [0.25, 0.3) is 11.3 Å². The third kappa shape index (κ3) is 8.46. The molecule has 4 aromatic rings. The number of hydrogen-bond donors (Lipinski definition) is 2. The summed E-state index contributed by atoms with van der Waals surface area (Å²) in [5, 5.41) is -0.410. The van der Waals surface area contributed by atoms with Crippen LogP contribution < -0.4 is 19.9 Å². The topological polar surface area (TPSA) is 146 Å². The van der Waals surface area contributed by atoms with E-state index in [9.17, 15) is 17.6 Å². The van der Waals surface area contributed by atoms with Gasteiger partial charge in [-0.3, -0.25) is 9.78 Å². The molecule has 0 aliphatic carbocycles. The van der Waals surface area contributed by atoms with E-state index in [1.807, 2.05) is 30.7 Å². The number of aromatic nitrogens is 3. The molecule has 0 saturated carbocycles. The molecule has 10 nitrogen and oxygen atoms in total. The van der Waals surface area contributed by atoms with Crippen molar-refractivity contribution in [3.63, 3.8) is 0 Å². The van der Waals surface area contributed by atoms with Gasteiger partial charge in [-0.2, -0.15) is 8.42 Å².